The molecule has 2 rings (SSSR count). The zero-order chi connectivity index (χ0) is 15.1. The highest BCUT2D eigenvalue weighted by Gasteiger charge is 2.27. The maximum absolute atomic E-state index is 9.09. The molecule has 7 heteroatoms. The van der Waals surface area contributed by atoms with Gasteiger partial charge in [-0.1, -0.05) is 6.92 Å². The van der Waals surface area contributed by atoms with Crippen LogP contribution in [-0.4, -0.2) is 52.9 Å². The zero-order valence-electron chi connectivity index (χ0n) is 12.9. The molecular formula is C14H25N5O2. The highest BCUT2D eigenvalue weighted by Crippen LogP contribution is 2.28. The van der Waals surface area contributed by atoms with Gasteiger partial charge in [0.25, 0.3) is 0 Å². The van der Waals surface area contributed by atoms with E-state index in [0.717, 1.165) is 32.4 Å². The highest BCUT2D eigenvalue weighted by molar-refractivity contribution is 5.40. The third kappa shape index (κ3) is 4.17. The second-order valence-corrected chi connectivity index (χ2v) is 5.23. The molecule has 0 bridgehead atoms. The number of ether oxygens (including phenoxy) is 1. The first kappa shape index (κ1) is 15.8. The van der Waals surface area contributed by atoms with Crippen molar-refractivity contribution in [1.29, 1.82) is 0 Å². The summed E-state index contributed by atoms with van der Waals surface area (Å²) in [7, 11) is 1.56. The van der Waals surface area contributed by atoms with Crippen LogP contribution in [0.25, 0.3) is 0 Å². The van der Waals surface area contributed by atoms with Crippen molar-refractivity contribution in [2.24, 2.45) is 0 Å². The molecule has 1 saturated carbocycles. The van der Waals surface area contributed by atoms with Gasteiger partial charge < -0.3 is 20.1 Å². The van der Waals surface area contributed by atoms with Crippen molar-refractivity contribution < 1.29 is 9.84 Å². The maximum Gasteiger partial charge on any atom is 0.322 e. The number of hydrogen-bond acceptors (Lipinski definition) is 7. The minimum Gasteiger partial charge on any atom is -0.467 e. The topological polar surface area (TPSA) is 83.4 Å². The smallest absolute Gasteiger partial charge is 0.322 e. The summed E-state index contributed by atoms with van der Waals surface area (Å²) in [5, 5.41) is 12.3. The van der Waals surface area contributed by atoms with E-state index in [1.165, 1.54) is 6.42 Å². The van der Waals surface area contributed by atoms with Gasteiger partial charge in [0.05, 0.1) is 7.11 Å². The number of aromatic nitrogens is 3. The van der Waals surface area contributed by atoms with Crippen molar-refractivity contribution in [1.82, 2.24) is 15.0 Å². The van der Waals surface area contributed by atoms with E-state index in [2.05, 4.69) is 32.1 Å². The van der Waals surface area contributed by atoms with Gasteiger partial charge in [-0.2, -0.15) is 15.0 Å². The average molecular weight is 295 g/mol. The number of nitrogens with one attached hydrogen (secondary N) is 1. The fourth-order valence-electron chi connectivity index (χ4n) is 2.27. The molecule has 2 N–H and O–H groups in total. The molecule has 0 saturated heterocycles. The summed E-state index contributed by atoms with van der Waals surface area (Å²) in [5.74, 6) is 1.19. The number of rotatable bonds is 9. The molecule has 0 amide bonds. The first-order valence-electron chi connectivity index (χ1n) is 7.70. The number of nitrogens with zero attached hydrogens (tertiary/aromatic N) is 4. The maximum atomic E-state index is 9.09. The van der Waals surface area contributed by atoms with Crippen LogP contribution < -0.4 is 15.0 Å². The number of aliphatic hydroxyl groups is 1. The van der Waals surface area contributed by atoms with Gasteiger partial charge in [0.15, 0.2) is 0 Å². The Morgan fingerprint density at radius 2 is 2.14 bits per heavy atom. The van der Waals surface area contributed by atoms with Gasteiger partial charge in [-0.05, 0) is 32.1 Å². The Hall–Kier alpha value is -1.63. The van der Waals surface area contributed by atoms with Crippen LogP contribution in [0.3, 0.4) is 0 Å². The Morgan fingerprint density at radius 3 is 2.71 bits per heavy atom. The van der Waals surface area contributed by atoms with E-state index < -0.39 is 0 Å². The van der Waals surface area contributed by atoms with Crippen molar-refractivity contribution in [3.8, 4) is 6.01 Å². The Bertz CT molecular complexity index is 439. The van der Waals surface area contributed by atoms with Crippen LogP contribution in [0, 0.1) is 0 Å². The lowest BCUT2D eigenvalue weighted by Crippen LogP contribution is -2.42. The monoisotopic (exact) mass is 295 g/mol. The second kappa shape index (κ2) is 7.97. The normalized spacial score (nSPS) is 14.6. The number of methoxy groups -OCH3 is 1. The van der Waals surface area contributed by atoms with Crippen LogP contribution in [0.2, 0.25) is 0 Å². The molecule has 1 fully saturated rings. The molecule has 0 aliphatic heterocycles. The number of aliphatic hydroxyl groups excluding tert-OH is 1. The highest BCUT2D eigenvalue weighted by atomic mass is 16.5. The molecule has 1 aromatic heterocycles. The van der Waals surface area contributed by atoms with Crippen molar-refractivity contribution in [2.45, 2.75) is 45.1 Å². The van der Waals surface area contributed by atoms with Crippen LogP contribution in [0.4, 0.5) is 11.9 Å². The molecule has 0 aromatic carbocycles. The van der Waals surface area contributed by atoms with Gasteiger partial charge in [0.2, 0.25) is 11.9 Å². The molecular weight excluding hydrogens is 270 g/mol. The second-order valence-electron chi connectivity index (χ2n) is 5.23. The van der Waals surface area contributed by atoms with E-state index in [4.69, 9.17) is 9.84 Å². The summed E-state index contributed by atoms with van der Waals surface area (Å²) in [6, 6.07) is 0.787. The summed E-state index contributed by atoms with van der Waals surface area (Å²) < 4.78 is 5.18. The Labute approximate surface area is 125 Å². The van der Waals surface area contributed by atoms with E-state index in [9.17, 15) is 0 Å². The van der Waals surface area contributed by atoms with Gasteiger partial charge in [-0.15, -0.1) is 0 Å². The van der Waals surface area contributed by atoms with E-state index in [0.29, 0.717) is 30.4 Å². The molecule has 0 unspecified atom stereocenters. The van der Waals surface area contributed by atoms with Crippen molar-refractivity contribution in [2.75, 3.05) is 37.0 Å². The predicted octanol–water partition coefficient (Wildman–Crippen LogP) is 1.44. The lowest BCUT2D eigenvalue weighted by Gasteiger charge is -2.37. The molecule has 7 nitrogen and oxygen atoms in total. The van der Waals surface area contributed by atoms with Crippen molar-refractivity contribution in [3.63, 3.8) is 0 Å². The lowest BCUT2D eigenvalue weighted by molar-refractivity contribution is 0.282. The first-order chi connectivity index (χ1) is 10.3. The first-order valence-corrected chi connectivity index (χ1v) is 7.70. The van der Waals surface area contributed by atoms with E-state index >= 15 is 0 Å². The molecule has 1 heterocycles. The van der Waals surface area contributed by atoms with Gasteiger partial charge in [0, 0.05) is 25.7 Å². The Kier molecular flexibility index (Phi) is 5.98. The van der Waals surface area contributed by atoms with Crippen LogP contribution in [0.1, 0.15) is 39.0 Å². The average Bonchev–Trinajstić information content (AvgIpc) is 2.46. The number of anilines is 2. The SMILES string of the molecule is CCCNc1nc(OC)nc(N(CCCO)C2CCC2)n1. The Morgan fingerprint density at radius 1 is 1.33 bits per heavy atom. The molecule has 0 spiro atoms. The lowest BCUT2D eigenvalue weighted by atomic mass is 9.91. The molecule has 21 heavy (non-hydrogen) atoms. The summed E-state index contributed by atoms with van der Waals surface area (Å²) in [6.07, 6.45) is 5.25. The van der Waals surface area contributed by atoms with Gasteiger partial charge in [-0.3, -0.25) is 0 Å². The third-order valence-electron chi connectivity index (χ3n) is 3.65. The van der Waals surface area contributed by atoms with E-state index in [1.807, 2.05) is 0 Å². The van der Waals surface area contributed by atoms with Crippen LogP contribution in [0.5, 0.6) is 6.01 Å². The van der Waals surface area contributed by atoms with Crippen molar-refractivity contribution in [3.05, 3.63) is 0 Å². The molecule has 118 valence electrons. The minimum absolute atomic E-state index is 0.173. The third-order valence-corrected chi connectivity index (χ3v) is 3.65. The van der Waals surface area contributed by atoms with Crippen LogP contribution in [-0.2, 0) is 0 Å². The minimum atomic E-state index is 0.173. The van der Waals surface area contributed by atoms with E-state index in [-0.39, 0.29) is 6.61 Å². The fraction of sp³-hybridized carbons (Fsp3) is 0.786. The molecule has 1 aliphatic carbocycles. The van der Waals surface area contributed by atoms with Crippen LogP contribution >= 0.6 is 0 Å². The summed E-state index contributed by atoms with van der Waals surface area (Å²) in [4.78, 5) is 15.3. The van der Waals surface area contributed by atoms with Gasteiger partial charge >= 0.3 is 6.01 Å². The summed E-state index contributed by atoms with van der Waals surface area (Å²) >= 11 is 0. The van der Waals surface area contributed by atoms with Gasteiger partial charge in [-0.25, -0.2) is 0 Å². The standard InChI is InChI=1S/C14H25N5O2/c1-3-8-15-12-16-13(18-14(17-12)21-2)19(9-5-10-20)11-6-4-7-11/h11,20H,3-10H2,1-2H3,(H,15,16,17,18). The predicted molar refractivity (Wildman–Crippen MR) is 81.8 cm³/mol. The number of hydrogen-bond donors (Lipinski definition) is 2. The Balaban J connectivity index is 2.20. The summed E-state index contributed by atoms with van der Waals surface area (Å²) in [6.45, 7) is 3.83. The molecule has 0 atom stereocenters. The van der Waals surface area contributed by atoms with E-state index in [1.54, 1.807) is 7.11 Å². The molecule has 1 aromatic rings. The zero-order valence-corrected chi connectivity index (χ0v) is 12.9. The van der Waals surface area contributed by atoms with Gasteiger partial charge in [0.1, 0.15) is 0 Å². The van der Waals surface area contributed by atoms with Crippen molar-refractivity contribution >= 4 is 11.9 Å². The summed E-state index contributed by atoms with van der Waals surface area (Å²) in [5.41, 5.74) is 0. The largest absolute Gasteiger partial charge is 0.467 e. The quantitative estimate of drug-likeness (QED) is 0.713. The van der Waals surface area contributed by atoms with Crippen LogP contribution in [0.15, 0.2) is 0 Å². The fourth-order valence-corrected chi connectivity index (χ4v) is 2.27. The molecule has 1 aliphatic rings. The molecule has 0 radical (unpaired) electrons.